The molecule has 0 atom stereocenters. The van der Waals surface area contributed by atoms with Crippen LogP contribution in [0.25, 0.3) is 6.08 Å². The summed E-state index contributed by atoms with van der Waals surface area (Å²) in [7, 11) is 0. The molecule has 2 amide bonds. The molecule has 1 heterocycles. The molecule has 2 aromatic rings. The van der Waals surface area contributed by atoms with Crippen LogP contribution in [-0.4, -0.2) is 38.7 Å². The molecular formula is C23H20N2O4S2. The summed E-state index contributed by atoms with van der Waals surface area (Å²) in [5.41, 5.74) is 2.16. The van der Waals surface area contributed by atoms with Gasteiger partial charge in [0.25, 0.3) is 5.91 Å². The summed E-state index contributed by atoms with van der Waals surface area (Å²) in [6, 6.07) is 15.9. The Balaban J connectivity index is 1.62. The molecule has 6 nitrogen and oxygen atoms in total. The minimum absolute atomic E-state index is 0.00470. The molecule has 2 aromatic carbocycles. The van der Waals surface area contributed by atoms with E-state index in [1.807, 2.05) is 43.3 Å². The van der Waals surface area contributed by atoms with Gasteiger partial charge in [-0.3, -0.25) is 14.5 Å². The number of nitrogens with zero attached hydrogens (tertiary/aromatic N) is 1. The second kappa shape index (κ2) is 10.2. The lowest BCUT2D eigenvalue weighted by Gasteiger charge is -2.14. The van der Waals surface area contributed by atoms with Crippen molar-refractivity contribution >= 4 is 57.8 Å². The summed E-state index contributed by atoms with van der Waals surface area (Å²) in [5, 5.41) is 11.8. The minimum atomic E-state index is -1.13. The van der Waals surface area contributed by atoms with E-state index < -0.39 is 11.9 Å². The number of anilines is 1. The number of benzene rings is 2. The summed E-state index contributed by atoms with van der Waals surface area (Å²) in [6.45, 7) is 2.03. The van der Waals surface area contributed by atoms with Crippen molar-refractivity contribution < 1.29 is 19.5 Å². The first-order valence-electron chi connectivity index (χ1n) is 9.46. The monoisotopic (exact) mass is 452 g/mol. The molecule has 0 saturated carbocycles. The Morgan fingerprint density at radius 1 is 1.13 bits per heavy atom. The molecule has 31 heavy (non-hydrogen) atoms. The molecule has 2 N–H and O–H groups in total. The summed E-state index contributed by atoms with van der Waals surface area (Å²) in [5.74, 6) is -1.77. The second-order valence-electron chi connectivity index (χ2n) is 6.78. The number of aromatic carboxylic acids is 1. The number of amides is 2. The smallest absolute Gasteiger partial charge is 0.337 e. The van der Waals surface area contributed by atoms with Crippen LogP contribution >= 0.6 is 24.0 Å². The highest BCUT2D eigenvalue weighted by Gasteiger charge is 2.32. The molecule has 1 saturated heterocycles. The van der Waals surface area contributed by atoms with Crippen LogP contribution in [0.15, 0.2) is 71.2 Å². The van der Waals surface area contributed by atoms with Crippen LogP contribution in [-0.2, 0) is 9.59 Å². The molecule has 0 unspecified atom stereocenters. The van der Waals surface area contributed by atoms with Crippen LogP contribution in [0, 0.1) is 0 Å². The summed E-state index contributed by atoms with van der Waals surface area (Å²) in [6.07, 6.45) is 3.75. The Morgan fingerprint density at radius 3 is 2.52 bits per heavy atom. The maximum absolute atomic E-state index is 12.7. The zero-order valence-electron chi connectivity index (χ0n) is 16.7. The van der Waals surface area contributed by atoms with Crippen molar-refractivity contribution in [3.05, 3.63) is 82.3 Å². The molecule has 1 aliphatic heterocycles. The number of hydrogen-bond acceptors (Lipinski definition) is 5. The number of thiocarbonyl (C=S) groups is 1. The lowest BCUT2D eigenvalue weighted by molar-refractivity contribution is -0.122. The molecule has 0 aromatic heterocycles. The first kappa shape index (κ1) is 22.5. The zero-order valence-corrected chi connectivity index (χ0v) is 18.3. The van der Waals surface area contributed by atoms with Gasteiger partial charge in [-0.05, 0) is 36.3 Å². The molecule has 158 valence electrons. The SMILES string of the molecule is CC(=Cc1ccccc1)C=C1SC(=S)N(CCC(=O)Nc2ccccc2C(=O)O)C1=O. The Kier molecular flexibility index (Phi) is 7.38. The van der Waals surface area contributed by atoms with Gasteiger partial charge < -0.3 is 10.4 Å². The number of allylic oxidation sites excluding steroid dienone is 2. The van der Waals surface area contributed by atoms with Crippen LogP contribution < -0.4 is 5.32 Å². The average Bonchev–Trinajstić information content (AvgIpc) is 2.99. The third kappa shape index (κ3) is 5.90. The number of para-hydroxylation sites is 1. The van der Waals surface area contributed by atoms with E-state index in [0.29, 0.717) is 9.23 Å². The molecule has 8 heteroatoms. The number of carbonyl (C=O) groups is 3. The predicted octanol–water partition coefficient (Wildman–Crippen LogP) is 4.56. The van der Waals surface area contributed by atoms with Crippen molar-refractivity contribution in [1.82, 2.24) is 4.90 Å². The van der Waals surface area contributed by atoms with Gasteiger partial charge in [0.1, 0.15) is 4.32 Å². The van der Waals surface area contributed by atoms with Crippen molar-refractivity contribution in [3.8, 4) is 0 Å². The van der Waals surface area contributed by atoms with E-state index in [4.69, 9.17) is 12.2 Å². The van der Waals surface area contributed by atoms with Crippen molar-refractivity contribution in [3.63, 3.8) is 0 Å². The highest BCUT2D eigenvalue weighted by Crippen LogP contribution is 2.32. The van der Waals surface area contributed by atoms with Crippen molar-refractivity contribution in [2.75, 3.05) is 11.9 Å². The fraction of sp³-hybridized carbons (Fsp3) is 0.130. The van der Waals surface area contributed by atoms with E-state index in [2.05, 4.69) is 5.32 Å². The van der Waals surface area contributed by atoms with Crippen molar-refractivity contribution in [1.29, 1.82) is 0 Å². The molecule has 0 radical (unpaired) electrons. The van der Waals surface area contributed by atoms with Crippen molar-refractivity contribution in [2.45, 2.75) is 13.3 Å². The quantitative estimate of drug-likeness (QED) is 0.473. The van der Waals surface area contributed by atoms with Gasteiger partial charge >= 0.3 is 5.97 Å². The van der Waals surface area contributed by atoms with E-state index >= 15 is 0 Å². The molecule has 0 bridgehead atoms. The summed E-state index contributed by atoms with van der Waals surface area (Å²) >= 11 is 6.51. The number of thioether (sulfide) groups is 1. The predicted molar refractivity (Wildman–Crippen MR) is 127 cm³/mol. The maximum atomic E-state index is 12.7. The van der Waals surface area contributed by atoms with Gasteiger partial charge in [-0.15, -0.1) is 0 Å². The molecule has 1 fully saturated rings. The average molecular weight is 453 g/mol. The van der Waals surface area contributed by atoms with Gasteiger partial charge in [0.05, 0.1) is 16.2 Å². The van der Waals surface area contributed by atoms with E-state index in [-0.39, 0.29) is 30.1 Å². The lowest BCUT2D eigenvalue weighted by Crippen LogP contribution is -2.31. The number of carboxylic acid groups (broad SMARTS) is 1. The lowest BCUT2D eigenvalue weighted by atomic mass is 10.1. The van der Waals surface area contributed by atoms with Gasteiger partial charge in [-0.2, -0.15) is 0 Å². The van der Waals surface area contributed by atoms with Crippen LogP contribution in [0.3, 0.4) is 0 Å². The minimum Gasteiger partial charge on any atom is -0.478 e. The summed E-state index contributed by atoms with van der Waals surface area (Å²) in [4.78, 5) is 38.2. The highest BCUT2D eigenvalue weighted by atomic mass is 32.2. The Hall–Kier alpha value is -3.23. The van der Waals surface area contributed by atoms with Gasteiger partial charge in [0.15, 0.2) is 0 Å². The molecule has 0 aliphatic carbocycles. The topological polar surface area (TPSA) is 86.7 Å². The third-order valence-electron chi connectivity index (χ3n) is 4.42. The van der Waals surface area contributed by atoms with Gasteiger partial charge in [-0.1, -0.05) is 72.5 Å². The van der Waals surface area contributed by atoms with E-state index in [9.17, 15) is 19.5 Å². The van der Waals surface area contributed by atoms with Crippen LogP contribution in [0.2, 0.25) is 0 Å². The number of nitrogens with one attached hydrogen (secondary N) is 1. The van der Waals surface area contributed by atoms with Gasteiger partial charge in [-0.25, -0.2) is 4.79 Å². The fourth-order valence-corrected chi connectivity index (χ4v) is 4.32. The third-order valence-corrected chi connectivity index (χ3v) is 5.80. The molecule has 1 aliphatic rings. The van der Waals surface area contributed by atoms with Crippen LogP contribution in [0.4, 0.5) is 5.69 Å². The number of carbonyl (C=O) groups excluding carboxylic acids is 2. The standard InChI is InChI=1S/C23H20N2O4S2/c1-15(13-16-7-3-2-4-8-16)14-19-21(27)25(23(30)31-19)12-11-20(26)24-18-10-6-5-9-17(18)22(28)29/h2-10,13-14H,11-12H2,1H3,(H,24,26)(H,28,29). The van der Waals surface area contributed by atoms with Crippen molar-refractivity contribution in [2.24, 2.45) is 0 Å². The van der Waals surface area contributed by atoms with Crippen LogP contribution in [0.1, 0.15) is 29.3 Å². The van der Waals surface area contributed by atoms with Gasteiger partial charge in [0.2, 0.25) is 5.91 Å². The Morgan fingerprint density at radius 2 is 1.81 bits per heavy atom. The zero-order chi connectivity index (χ0) is 22.4. The first-order chi connectivity index (χ1) is 14.8. The normalized spacial score (nSPS) is 15.5. The second-order valence-corrected chi connectivity index (χ2v) is 8.46. The van der Waals surface area contributed by atoms with E-state index in [1.54, 1.807) is 18.2 Å². The largest absolute Gasteiger partial charge is 0.478 e. The first-order valence-corrected chi connectivity index (χ1v) is 10.7. The summed E-state index contributed by atoms with van der Waals surface area (Å²) < 4.78 is 0.391. The Bertz CT molecular complexity index is 1090. The Labute approximate surface area is 189 Å². The fourth-order valence-electron chi connectivity index (χ4n) is 2.96. The number of hydrogen-bond donors (Lipinski definition) is 2. The van der Waals surface area contributed by atoms with Gasteiger partial charge in [0, 0.05) is 13.0 Å². The number of carboxylic acids is 1. The number of rotatable bonds is 7. The van der Waals surface area contributed by atoms with E-state index in [0.717, 1.165) is 11.1 Å². The molecular weight excluding hydrogens is 432 g/mol. The molecule has 0 spiro atoms. The van der Waals surface area contributed by atoms with Crippen LogP contribution in [0.5, 0.6) is 0 Å². The highest BCUT2D eigenvalue weighted by molar-refractivity contribution is 8.26. The molecule has 3 rings (SSSR count). The van der Waals surface area contributed by atoms with E-state index in [1.165, 1.54) is 28.8 Å². The maximum Gasteiger partial charge on any atom is 0.337 e.